The van der Waals surface area contributed by atoms with Crippen LogP contribution in [0.15, 0.2) is 30.3 Å². The Labute approximate surface area is 132 Å². The molecule has 1 amide bonds. The van der Waals surface area contributed by atoms with Gasteiger partial charge in [-0.1, -0.05) is 37.3 Å². The van der Waals surface area contributed by atoms with E-state index in [1.54, 1.807) is 11.8 Å². The number of likely N-dealkylation sites (tertiary alicyclic amines) is 1. The summed E-state index contributed by atoms with van der Waals surface area (Å²) < 4.78 is 5.52. The van der Waals surface area contributed by atoms with Gasteiger partial charge < -0.3 is 9.64 Å². The average molecular weight is 303 g/mol. The summed E-state index contributed by atoms with van der Waals surface area (Å²) in [7, 11) is 0. The first-order chi connectivity index (χ1) is 10.1. The molecule has 0 saturated carbocycles. The van der Waals surface area contributed by atoms with Crippen molar-refractivity contribution in [1.29, 1.82) is 0 Å². The summed E-state index contributed by atoms with van der Waals surface area (Å²) in [5.74, 6) is 0.111. The van der Waals surface area contributed by atoms with Crippen molar-refractivity contribution < 1.29 is 14.3 Å². The fraction of sp³-hybridized carbons (Fsp3) is 0.556. The molecule has 1 aliphatic heterocycles. The number of Topliss-reactive ketones (excluding diaryl/α,β-unsaturated/α-hetero) is 1. The Bertz CT molecular complexity index is 561. The van der Waals surface area contributed by atoms with Crippen molar-refractivity contribution in [1.82, 2.24) is 4.90 Å². The van der Waals surface area contributed by atoms with E-state index in [4.69, 9.17) is 4.74 Å². The van der Waals surface area contributed by atoms with Gasteiger partial charge in [-0.3, -0.25) is 4.79 Å². The molecule has 1 aliphatic rings. The normalized spacial score (nSPS) is 25.1. The molecule has 0 spiro atoms. The van der Waals surface area contributed by atoms with Crippen LogP contribution in [0.5, 0.6) is 0 Å². The molecule has 1 heterocycles. The molecular weight excluding hydrogens is 278 g/mol. The van der Waals surface area contributed by atoms with E-state index in [9.17, 15) is 9.59 Å². The van der Waals surface area contributed by atoms with Crippen molar-refractivity contribution in [3.8, 4) is 0 Å². The number of hydrogen-bond acceptors (Lipinski definition) is 3. The molecule has 1 saturated heterocycles. The molecule has 22 heavy (non-hydrogen) atoms. The van der Waals surface area contributed by atoms with E-state index in [-0.39, 0.29) is 17.9 Å². The lowest BCUT2D eigenvalue weighted by atomic mass is 9.83. The zero-order chi connectivity index (χ0) is 16.5. The van der Waals surface area contributed by atoms with Gasteiger partial charge in [0.15, 0.2) is 0 Å². The van der Waals surface area contributed by atoms with Crippen LogP contribution in [-0.2, 0) is 9.53 Å². The zero-order valence-corrected chi connectivity index (χ0v) is 14.1. The summed E-state index contributed by atoms with van der Waals surface area (Å²) in [5, 5.41) is 0. The van der Waals surface area contributed by atoms with Gasteiger partial charge in [-0.25, -0.2) is 4.79 Å². The molecule has 0 unspecified atom stereocenters. The van der Waals surface area contributed by atoms with Gasteiger partial charge in [-0.05, 0) is 39.7 Å². The molecule has 1 aromatic carbocycles. The maximum Gasteiger partial charge on any atom is 0.410 e. The molecule has 0 radical (unpaired) electrons. The molecule has 0 N–H and O–H groups in total. The van der Waals surface area contributed by atoms with Crippen LogP contribution in [-0.4, -0.2) is 28.9 Å². The van der Waals surface area contributed by atoms with Crippen molar-refractivity contribution in [3.63, 3.8) is 0 Å². The van der Waals surface area contributed by atoms with Crippen LogP contribution in [0.2, 0.25) is 0 Å². The number of carbonyl (C=O) groups excluding carboxylic acids is 2. The maximum atomic E-state index is 12.5. The van der Waals surface area contributed by atoms with Crippen molar-refractivity contribution in [2.75, 3.05) is 6.54 Å². The van der Waals surface area contributed by atoms with Crippen LogP contribution in [0.25, 0.3) is 0 Å². The molecule has 120 valence electrons. The van der Waals surface area contributed by atoms with Crippen molar-refractivity contribution >= 4 is 11.9 Å². The maximum absolute atomic E-state index is 12.5. The zero-order valence-electron chi connectivity index (χ0n) is 14.1. The second-order valence-electron chi connectivity index (χ2n) is 7.36. The van der Waals surface area contributed by atoms with E-state index in [2.05, 4.69) is 0 Å². The summed E-state index contributed by atoms with van der Waals surface area (Å²) in [6.07, 6.45) is 0.275. The number of nitrogens with zero attached hydrogens (tertiary/aromatic N) is 1. The lowest BCUT2D eigenvalue weighted by Gasteiger charge is -2.29. The van der Waals surface area contributed by atoms with Gasteiger partial charge >= 0.3 is 6.09 Å². The molecule has 4 heteroatoms. The van der Waals surface area contributed by atoms with E-state index < -0.39 is 11.0 Å². The molecule has 1 aromatic rings. The van der Waals surface area contributed by atoms with Crippen LogP contribution in [0, 0.1) is 5.41 Å². The summed E-state index contributed by atoms with van der Waals surface area (Å²) >= 11 is 0. The average Bonchev–Trinajstić information content (AvgIpc) is 2.78. The Balaban J connectivity index is 2.31. The summed E-state index contributed by atoms with van der Waals surface area (Å²) in [6, 6.07) is 9.71. The predicted molar refractivity (Wildman–Crippen MR) is 85.5 cm³/mol. The van der Waals surface area contributed by atoms with Crippen molar-refractivity contribution in [2.45, 2.75) is 52.7 Å². The fourth-order valence-electron chi connectivity index (χ4n) is 2.83. The van der Waals surface area contributed by atoms with Crippen LogP contribution in [0.4, 0.5) is 4.79 Å². The Morgan fingerprint density at radius 2 is 1.82 bits per heavy atom. The number of amides is 1. The van der Waals surface area contributed by atoms with Gasteiger partial charge in [0.05, 0.1) is 6.04 Å². The minimum Gasteiger partial charge on any atom is -0.444 e. The lowest BCUT2D eigenvalue weighted by Crippen LogP contribution is -2.38. The molecule has 4 nitrogen and oxygen atoms in total. The molecule has 2 atom stereocenters. The first-order valence-electron chi connectivity index (χ1n) is 7.68. The summed E-state index contributed by atoms with van der Waals surface area (Å²) in [4.78, 5) is 26.3. The van der Waals surface area contributed by atoms with Gasteiger partial charge in [-0.2, -0.15) is 0 Å². The standard InChI is InChI=1S/C18H25NO3/c1-13(20)18(5)11-15(14-9-7-6-8-10-14)19(12-18)16(21)22-17(2,3)4/h6-10,15H,11-12H2,1-5H3/t15-,18-/m0/s1. The smallest absolute Gasteiger partial charge is 0.410 e. The fourth-order valence-corrected chi connectivity index (χ4v) is 2.83. The predicted octanol–water partition coefficient (Wildman–Crippen LogP) is 3.96. The van der Waals surface area contributed by atoms with Crippen LogP contribution in [0.3, 0.4) is 0 Å². The highest BCUT2D eigenvalue weighted by atomic mass is 16.6. The Morgan fingerprint density at radius 3 is 2.32 bits per heavy atom. The quantitative estimate of drug-likeness (QED) is 0.830. The third-order valence-corrected chi connectivity index (χ3v) is 4.20. The Kier molecular flexibility index (Phi) is 4.32. The topological polar surface area (TPSA) is 46.6 Å². The van der Waals surface area contributed by atoms with E-state index in [0.717, 1.165) is 5.56 Å². The third kappa shape index (κ3) is 3.49. The third-order valence-electron chi connectivity index (χ3n) is 4.20. The van der Waals surface area contributed by atoms with Crippen LogP contribution in [0.1, 0.15) is 52.6 Å². The minimum absolute atomic E-state index is 0.111. The van der Waals surface area contributed by atoms with Crippen LogP contribution >= 0.6 is 0 Å². The van der Waals surface area contributed by atoms with E-state index in [1.807, 2.05) is 58.0 Å². The molecule has 0 aromatic heterocycles. The Hall–Kier alpha value is -1.84. The van der Waals surface area contributed by atoms with Gasteiger partial charge in [-0.15, -0.1) is 0 Å². The molecule has 0 aliphatic carbocycles. The van der Waals surface area contributed by atoms with Crippen molar-refractivity contribution in [2.24, 2.45) is 5.41 Å². The second-order valence-corrected chi connectivity index (χ2v) is 7.36. The van der Waals surface area contributed by atoms with Gasteiger partial charge in [0.2, 0.25) is 0 Å². The lowest BCUT2D eigenvalue weighted by molar-refractivity contribution is -0.125. The number of ketones is 1. The Morgan fingerprint density at radius 1 is 1.23 bits per heavy atom. The largest absolute Gasteiger partial charge is 0.444 e. The monoisotopic (exact) mass is 303 g/mol. The summed E-state index contributed by atoms with van der Waals surface area (Å²) in [5.41, 5.74) is -0.0244. The van der Waals surface area contributed by atoms with Gasteiger partial charge in [0, 0.05) is 12.0 Å². The highest BCUT2D eigenvalue weighted by molar-refractivity contribution is 5.84. The first kappa shape index (κ1) is 16.5. The SMILES string of the molecule is CC(=O)[C@@]1(C)C[C@@H](c2ccccc2)N(C(=O)OC(C)(C)C)C1. The number of ether oxygens (including phenoxy) is 1. The van der Waals surface area contributed by atoms with Crippen LogP contribution < -0.4 is 0 Å². The molecular formula is C18H25NO3. The van der Waals surface area contributed by atoms with Gasteiger partial charge in [0.1, 0.15) is 11.4 Å². The molecule has 0 bridgehead atoms. The number of benzene rings is 1. The highest BCUT2D eigenvalue weighted by Gasteiger charge is 2.47. The van der Waals surface area contributed by atoms with Crippen molar-refractivity contribution in [3.05, 3.63) is 35.9 Å². The number of hydrogen-bond donors (Lipinski definition) is 0. The minimum atomic E-state index is -0.548. The summed E-state index contributed by atoms with van der Waals surface area (Å²) in [6.45, 7) is 9.47. The van der Waals surface area contributed by atoms with E-state index in [0.29, 0.717) is 13.0 Å². The highest BCUT2D eigenvalue weighted by Crippen LogP contribution is 2.44. The van der Waals surface area contributed by atoms with E-state index >= 15 is 0 Å². The number of rotatable bonds is 2. The second kappa shape index (κ2) is 5.75. The first-order valence-corrected chi connectivity index (χ1v) is 7.68. The van der Waals surface area contributed by atoms with Gasteiger partial charge in [0.25, 0.3) is 0 Å². The molecule has 1 fully saturated rings. The number of carbonyl (C=O) groups is 2. The molecule has 2 rings (SSSR count). The van der Waals surface area contributed by atoms with E-state index in [1.165, 1.54) is 0 Å².